The summed E-state index contributed by atoms with van der Waals surface area (Å²) in [6, 6.07) is 0. The van der Waals surface area contributed by atoms with E-state index in [0.29, 0.717) is 6.42 Å². The van der Waals surface area contributed by atoms with Crippen LogP contribution >= 0.6 is 0 Å². The predicted molar refractivity (Wildman–Crippen MR) is 38.7 cm³/mol. The zero-order valence-corrected chi connectivity index (χ0v) is 6.48. The highest BCUT2D eigenvalue weighted by atomic mass is 32.2. The molecule has 9 heavy (non-hydrogen) atoms. The highest BCUT2D eigenvalue weighted by molar-refractivity contribution is 7.90. The molecule has 0 aliphatic rings. The summed E-state index contributed by atoms with van der Waals surface area (Å²) in [5.41, 5.74) is 0. The summed E-state index contributed by atoms with van der Waals surface area (Å²) >= 11 is 0. The molecule has 0 aromatic carbocycles. The minimum absolute atomic E-state index is 0.194. The lowest BCUT2D eigenvalue weighted by atomic mass is 10.3. The molecule has 0 aromatic rings. The van der Waals surface area contributed by atoms with Gasteiger partial charge in [-0.2, -0.15) is 0 Å². The van der Waals surface area contributed by atoms with E-state index < -0.39 is 10.1 Å². The minimum Gasteiger partial charge on any atom is -0.294 e. The van der Waals surface area contributed by atoms with Crippen LogP contribution in [0.2, 0.25) is 0 Å². The molecular formula is C5H12O3S. The Morgan fingerprint density at radius 1 is 1.89 bits per heavy atom. The van der Waals surface area contributed by atoms with Crippen LogP contribution in [0.5, 0.6) is 0 Å². The van der Waals surface area contributed by atoms with Gasteiger partial charge in [-0.3, -0.25) is 8.74 Å². The Kier molecular flexibility index (Phi) is 3.17. The van der Waals surface area contributed by atoms with Gasteiger partial charge in [-0.1, -0.05) is 6.92 Å². The molecule has 2 atom stereocenters. The van der Waals surface area contributed by atoms with Crippen molar-refractivity contribution in [1.82, 2.24) is 0 Å². The first-order chi connectivity index (χ1) is 3.95. The standard InChI is InChI=1S/C5H12O3S/c1-4-5(2)8-9(3,6)7/h5H,3-4H2,1-2H3,(H,6,7). The van der Waals surface area contributed by atoms with Gasteiger partial charge in [0.05, 0.1) is 6.10 Å². The van der Waals surface area contributed by atoms with Gasteiger partial charge in [0.1, 0.15) is 0 Å². The molecule has 0 saturated heterocycles. The second-order valence-electron chi connectivity index (χ2n) is 1.90. The summed E-state index contributed by atoms with van der Waals surface area (Å²) in [6.45, 7) is 3.59. The van der Waals surface area contributed by atoms with E-state index in [-0.39, 0.29) is 6.10 Å². The molecule has 0 amide bonds. The normalized spacial score (nSPS) is 20.8. The van der Waals surface area contributed by atoms with Crippen molar-refractivity contribution in [2.75, 3.05) is 0 Å². The average molecular weight is 152 g/mol. The van der Waals surface area contributed by atoms with Crippen molar-refractivity contribution >= 4 is 16.0 Å². The lowest BCUT2D eigenvalue weighted by Gasteiger charge is -2.08. The monoisotopic (exact) mass is 152 g/mol. The quantitative estimate of drug-likeness (QED) is 0.611. The lowest BCUT2D eigenvalue weighted by Crippen LogP contribution is -2.12. The zero-order valence-electron chi connectivity index (χ0n) is 5.66. The van der Waals surface area contributed by atoms with Gasteiger partial charge in [-0.05, 0) is 13.3 Å². The molecule has 0 aromatic heterocycles. The molecule has 0 spiro atoms. The highest BCUT2D eigenvalue weighted by Crippen LogP contribution is 1.99. The van der Waals surface area contributed by atoms with Crippen LogP contribution in [0.15, 0.2) is 0 Å². The van der Waals surface area contributed by atoms with Gasteiger partial charge in [0, 0.05) is 5.87 Å². The molecule has 0 bridgehead atoms. The summed E-state index contributed by atoms with van der Waals surface area (Å²) in [7, 11) is -3.24. The molecular weight excluding hydrogens is 140 g/mol. The van der Waals surface area contributed by atoms with Crippen LogP contribution in [0.25, 0.3) is 0 Å². The predicted octanol–water partition coefficient (Wildman–Crippen LogP) is 0.906. The first kappa shape index (κ1) is 8.94. The van der Waals surface area contributed by atoms with Gasteiger partial charge in [0.2, 0.25) is 0 Å². The minimum atomic E-state index is -3.24. The van der Waals surface area contributed by atoms with Crippen molar-refractivity contribution in [2.24, 2.45) is 0 Å². The molecule has 0 fully saturated rings. The van der Waals surface area contributed by atoms with Crippen molar-refractivity contribution in [3.8, 4) is 0 Å². The van der Waals surface area contributed by atoms with Gasteiger partial charge in [-0.25, -0.2) is 4.21 Å². The summed E-state index contributed by atoms with van der Waals surface area (Å²) in [6.07, 6.45) is 0.521. The highest BCUT2D eigenvalue weighted by Gasteiger charge is 2.03. The maximum absolute atomic E-state index is 10.4. The molecule has 0 heterocycles. The Bertz CT molecular complexity index is 159. The Morgan fingerprint density at radius 3 is 2.44 bits per heavy atom. The number of rotatable bonds is 3. The largest absolute Gasteiger partial charge is 0.294 e. The van der Waals surface area contributed by atoms with E-state index in [0.717, 1.165) is 0 Å². The van der Waals surface area contributed by atoms with E-state index in [1.54, 1.807) is 6.92 Å². The molecule has 0 rings (SSSR count). The van der Waals surface area contributed by atoms with Crippen LogP contribution in [0, 0.1) is 0 Å². The molecule has 56 valence electrons. The van der Waals surface area contributed by atoms with E-state index in [1.165, 1.54) is 0 Å². The van der Waals surface area contributed by atoms with Crippen molar-refractivity contribution < 1.29 is 12.9 Å². The molecule has 0 aliphatic carbocycles. The van der Waals surface area contributed by atoms with Gasteiger partial charge in [0.15, 0.2) is 10.1 Å². The van der Waals surface area contributed by atoms with Crippen LogP contribution < -0.4 is 0 Å². The fourth-order valence-electron chi connectivity index (χ4n) is 0.325. The average Bonchev–Trinajstić information content (AvgIpc) is 1.62. The van der Waals surface area contributed by atoms with Crippen LogP contribution in [0.4, 0.5) is 0 Å². The topological polar surface area (TPSA) is 46.5 Å². The van der Waals surface area contributed by atoms with Crippen LogP contribution in [-0.4, -0.2) is 20.7 Å². The van der Waals surface area contributed by atoms with Crippen LogP contribution in [-0.2, 0) is 14.3 Å². The van der Waals surface area contributed by atoms with Crippen molar-refractivity contribution in [3.63, 3.8) is 0 Å². The molecule has 2 unspecified atom stereocenters. The molecule has 3 nitrogen and oxygen atoms in total. The Morgan fingerprint density at radius 2 is 2.33 bits per heavy atom. The smallest absolute Gasteiger partial charge is 0.195 e. The summed E-state index contributed by atoms with van der Waals surface area (Å²) < 4.78 is 23.5. The Balaban J connectivity index is 3.75. The molecule has 4 heteroatoms. The zero-order chi connectivity index (χ0) is 7.49. The lowest BCUT2D eigenvalue weighted by molar-refractivity contribution is 0.216. The fraction of sp³-hybridized carbons (Fsp3) is 0.800. The number of hydrogen-bond donors (Lipinski definition) is 1. The third-order valence-electron chi connectivity index (χ3n) is 0.890. The summed E-state index contributed by atoms with van der Waals surface area (Å²) in [5.74, 6) is 2.92. The van der Waals surface area contributed by atoms with E-state index in [1.807, 2.05) is 6.92 Å². The van der Waals surface area contributed by atoms with Crippen LogP contribution in [0.1, 0.15) is 20.3 Å². The first-order valence-electron chi connectivity index (χ1n) is 2.73. The van der Waals surface area contributed by atoms with Gasteiger partial charge < -0.3 is 0 Å². The Hall–Kier alpha value is -0.0600. The third kappa shape index (κ3) is 5.82. The van der Waals surface area contributed by atoms with E-state index in [9.17, 15) is 4.21 Å². The SMILES string of the molecule is C=S(=O)(O)OC(C)CC. The summed E-state index contributed by atoms with van der Waals surface area (Å²) in [5, 5.41) is 0. The third-order valence-corrected chi connectivity index (χ3v) is 1.52. The first-order valence-corrected chi connectivity index (χ1v) is 4.34. The maximum atomic E-state index is 10.4. The molecule has 0 radical (unpaired) electrons. The van der Waals surface area contributed by atoms with Crippen molar-refractivity contribution in [3.05, 3.63) is 0 Å². The number of hydrogen-bond acceptors (Lipinski definition) is 2. The van der Waals surface area contributed by atoms with E-state index in [4.69, 9.17) is 4.55 Å². The molecule has 1 N–H and O–H groups in total. The summed E-state index contributed by atoms with van der Waals surface area (Å²) in [4.78, 5) is 0. The van der Waals surface area contributed by atoms with Crippen molar-refractivity contribution in [1.29, 1.82) is 0 Å². The second-order valence-corrected chi connectivity index (χ2v) is 3.25. The molecule has 0 aliphatic heterocycles. The van der Waals surface area contributed by atoms with Crippen molar-refractivity contribution in [2.45, 2.75) is 26.4 Å². The second kappa shape index (κ2) is 3.20. The molecule has 0 saturated carbocycles. The van der Waals surface area contributed by atoms with E-state index in [2.05, 4.69) is 10.1 Å². The van der Waals surface area contributed by atoms with Gasteiger partial charge in [-0.15, -0.1) is 0 Å². The fourth-order valence-corrected chi connectivity index (χ4v) is 0.974. The van der Waals surface area contributed by atoms with Gasteiger partial charge >= 0.3 is 0 Å². The van der Waals surface area contributed by atoms with Gasteiger partial charge in [0.25, 0.3) is 0 Å². The Labute approximate surface area is 56.1 Å². The maximum Gasteiger partial charge on any atom is 0.195 e. The van der Waals surface area contributed by atoms with Crippen LogP contribution in [0.3, 0.4) is 0 Å². The van der Waals surface area contributed by atoms with E-state index >= 15 is 0 Å².